The molecule has 8 nitrogen and oxygen atoms in total. The highest BCUT2D eigenvalue weighted by Crippen LogP contribution is 2.36. The van der Waals surface area contributed by atoms with Crippen molar-refractivity contribution < 1.29 is 13.9 Å². The topological polar surface area (TPSA) is 102 Å². The zero-order valence-corrected chi connectivity index (χ0v) is 24.4. The van der Waals surface area contributed by atoms with Crippen LogP contribution in [0.1, 0.15) is 42.4 Å². The molecule has 6 aromatic rings. The summed E-state index contributed by atoms with van der Waals surface area (Å²) in [5, 5.41) is 3.75. The van der Waals surface area contributed by atoms with Crippen LogP contribution in [-0.4, -0.2) is 25.4 Å². The van der Waals surface area contributed by atoms with Crippen molar-refractivity contribution in [2.45, 2.75) is 33.1 Å². The Hall–Kier alpha value is -5.31. The molecule has 216 valence electrons. The van der Waals surface area contributed by atoms with E-state index >= 15 is 4.39 Å². The van der Waals surface area contributed by atoms with Crippen LogP contribution in [-0.2, 0) is 12.5 Å². The molecule has 0 aliphatic rings. The van der Waals surface area contributed by atoms with Crippen LogP contribution < -0.4 is 15.5 Å². The van der Waals surface area contributed by atoms with E-state index in [0.29, 0.717) is 22.1 Å². The summed E-state index contributed by atoms with van der Waals surface area (Å²) >= 11 is 0. The Morgan fingerprint density at radius 1 is 1.02 bits per heavy atom. The molecule has 0 spiro atoms. The van der Waals surface area contributed by atoms with Crippen molar-refractivity contribution in [3.8, 4) is 22.8 Å². The lowest BCUT2D eigenvalue weighted by molar-refractivity contribution is 0.102. The minimum Gasteiger partial charge on any atom is -0.435 e. The zero-order chi connectivity index (χ0) is 30.5. The first-order valence-electron chi connectivity index (χ1n) is 13.8. The number of nitrogens with one attached hydrogen (secondary N) is 2. The van der Waals surface area contributed by atoms with Crippen molar-refractivity contribution in [3.63, 3.8) is 0 Å². The molecule has 0 fully saturated rings. The maximum atomic E-state index is 15.3. The summed E-state index contributed by atoms with van der Waals surface area (Å²) in [6.45, 7) is 7.92. The summed E-state index contributed by atoms with van der Waals surface area (Å²) in [6.07, 6.45) is 3.14. The lowest BCUT2D eigenvalue weighted by atomic mass is 9.86. The number of fused-ring (bicyclic) bond motifs is 2. The predicted octanol–water partition coefficient (Wildman–Crippen LogP) is 7.27. The molecular weight excluding hydrogens is 545 g/mol. The maximum absolute atomic E-state index is 15.3. The van der Waals surface area contributed by atoms with Gasteiger partial charge in [-0.15, -0.1) is 0 Å². The molecule has 0 aliphatic carbocycles. The minimum absolute atomic E-state index is 0.00562. The first-order valence-corrected chi connectivity index (χ1v) is 13.8. The molecule has 3 aromatic heterocycles. The summed E-state index contributed by atoms with van der Waals surface area (Å²) in [5.41, 5.74) is 4.17. The Bertz CT molecular complexity index is 2090. The van der Waals surface area contributed by atoms with Crippen LogP contribution in [0.2, 0.25) is 0 Å². The number of amides is 1. The van der Waals surface area contributed by atoms with Crippen LogP contribution in [0.3, 0.4) is 0 Å². The Labute approximate surface area is 247 Å². The first-order chi connectivity index (χ1) is 20.5. The van der Waals surface area contributed by atoms with Crippen molar-refractivity contribution in [1.29, 1.82) is 0 Å². The third-order valence-electron chi connectivity index (χ3n) is 7.70. The van der Waals surface area contributed by atoms with Crippen LogP contribution in [0.15, 0.2) is 84.0 Å². The van der Waals surface area contributed by atoms with E-state index in [1.165, 1.54) is 18.5 Å². The van der Waals surface area contributed by atoms with Crippen molar-refractivity contribution in [2.24, 2.45) is 7.05 Å². The molecule has 3 aromatic carbocycles. The van der Waals surface area contributed by atoms with E-state index < -0.39 is 11.7 Å². The van der Waals surface area contributed by atoms with Crippen molar-refractivity contribution in [1.82, 2.24) is 19.5 Å². The standard InChI is InChI=1S/C34H30FN5O3/c1-19-28(30(41)23-15-21(34(2,3)4)11-13-26(23)40(19)5)32(42)39-22-12-14-27(25(35)16-22)43-33-29-24(20-9-7-6-8-10-20)17-36-31(29)37-18-38-33/h6-18H,1-5H3,(H,39,42)(H,36,37,38). The number of aromatic amines is 1. The fourth-order valence-corrected chi connectivity index (χ4v) is 5.21. The van der Waals surface area contributed by atoms with Gasteiger partial charge in [-0.05, 0) is 47.7 Å². The monoisotopic (exact) mass is 575 g/mol. The summed E-state index contributed by atoms with van der Waals surface area (Å²) in [4.78, 5) is 38.6. The maximum Gasteiger partial charge on any atom is 0.261 e. The number of carbonyl (C=O) groups excluding carboxylic acids is 1. The number of nitrogens with zero attached hydrogens (tertiary/aromatic N) is 3. The number of halogens is 1. The predicted molar refractivity (Wildman–Crippen MR) is 166 cm³/mol. The molecule has 3 heterocycles. The van der Waals surface area contributed by atoms with Gasteiger partial charge >= 0.3 is 0 Å². The molecule has 0 bridgehead atoms. The SMILES string of the molecule is Cc1c(C(=O)Nc2ccc(Oc3ncnc4[nH]cc(-c5ccccc5)c34)c(F)c2)c(=O)c2cc(C(C)(C)C)ccc2n1C. The van der Waals surface area contributed by atoms with Gasteiger partial charge in [0.2, 0.25) is 11.3 Å². The van der Waals surface area contributed by atoms with Gasteiger partial charge < -0.3 is 19.6 Å². The summed E-state index contributed by atoms with van der Waals surface area (Å²) in [7, 11) is 1.81. The summed E-state index contributed by atoms with van der Waals surface area (Å²) in [5.74, 6) is -1.22. The number of anilines is 1. The molecule has 0 saturated carbocycles. The molecule has 1 amide bonds. The van der Waals surface area contributed by atoms with E-state index in [9.17, 15) is 9.59 Å². The fourth-order valence-electron chi connectivity index (χ4n) is 5.21. The van der Waals surface area contributed by atoms with E-state index in [1.54, 1.807) is 13.1 Å². The number of benzene rings is 3. The average molecular weight is 576 g/mol. The smallest absolute Gasteiger partial charge is 0.261 e. The van der Waals surface area contributed by atoms with Crippen LogP contribution >= 0.6 is 0 Å². The second-order valence-electron chi connectivity index (χ2n) is 11.5. The largest absolute Gasteiger partial charge is 0.435 e. The second-order valence-corrected chi connectivity index (χ2v) is 11.5. The lowest BCUT2D eigenvalue weighted by Gasteiger charge is -2.21. The first kappa shape index (κ1) is 27.8. The van der Waals surface area contributed by atoms with Gasteiger partial charge in [-0.2, -0.15) is 0 Å². The van der Waals surface area contributed by atoms with Crippen LogP contribution in [0.5, 0.6) is 11.6 Å². The Morgan fingerprint density at radius 2 is 1.79 bits per heavy atom. The van der Waals surface area contributed by atoms with Gasteiger partial charge in [0.25, 0.3) is 5.91 Å². The number of hydrogen-bond acceptors (Lipinski definition) is 5. The second kappa shape index (κ2) is 10.5. The van der Waals surface area contributed by atoms with E-state index in [-0.39, 0.29) is 33.7 Å². The number of carbonyl (C=O) groups is 1. The molecule has 0 saturated heterocycles. The molecule has 0 aliphatic heterocycles. The van der Waals surface area contributed by atoms with E-state index in [0.717, 1.165) is 28.3 Å². The molecule has 0 unspecified atom stereocenters. The molecule has 0 atom stereocenters. The average Bonchev–Trinajstić information content (AvgIpc) is 3.42. The van der Waals surface area contributed by atoms with Crippen molar-refractivity contribution in [2.75, 3.05) is 5.32 Å². The highest BCUT2D eigenvalue weighted by molar-refractivity contribution is 6.07. The van der Waals surface area contributed by atoms with Crippen LogP contribution in [0.25, 0.3) is 33.1 Å². The number of pyridine rings is 1. The van der Waals surface area contributed by atoms with Gasteiger partial charge in [-0.1, -0.05) is 57.2 Å². The number of aromatic nitrogens is 4. The van der Waals surface area contributed by atoms with Crippen molar-refractivity contribution in [3.05, 3.63) is 112 Å². The van der Waals surface area contributed by atoms with Gasteiger partial charge in [-0.25, -0.2) is 14.4 Å². The van der Waals surface area contributed by atoms with Gasteiger partial charge in [0.1, 0.15) is 17.5 Å². The number of hydrogen-bond donors (Lipinski definition) is 2. The van der Waals surface area contributed by atoms with Gasteiger partial charge in [0.05, 0.1) is 10.9 Å². The Kier molecular flexibility index (Phi) is 6.80. The Morgan fingerprint density at radius 3 is 2.51 bits per heavy atom. The third-order valence-corrected chi connectivity index (χ3v) is 7.70. The lowest BCUT2D eigenvalue weighted by Crippen LogP contribution is -2.26. The quantitative estimate of drug-likeness (QED) is 0.225. The Balaban J connectivity index is 1.31. The molecule has 0 radical (unpaired) electrons. The van der Waals surface area contributed by atoms with Crippen molar-refractivity contribution >= 4 is 33.5 Å². The number of aryl methyl sites for hydroxylation is 1. The number of H-pyrrole nitrogens is 1. The number of rotatable bonds is 5. The number of ether oxygens (including phenoxy) is 1. The normalized spacial score (nSPS) is 11.7. The molecular formula is C34H30FN5O3. The molecule has 43 heavy (non-hydrogen) atoms. The highest BCUT2D eigenvalue weighted by atomic mass is 19.1. The van der Waals surface area contributed by atoms with E-state index in [4.69, 9.17) is 4.74 Å². The summed E-state index contributed by atoms with van der Waals surface area (Å²) in [6, 6.07) is 19.5. The van der Waals surface area contributed by atoms with E-state index in [1.807, 2.05) is 60.1 Å². The van der Waals surface area contributed by atoms with Crippen LogP contribution in [0, 0.1) is 12.7 Å². The van der Waals surface area contributed by atoms with Gasteiger partial charge in [0, 0.05) is 41.6 Å². The minimum atomic E-state index is -0.709. The molecule has 9 heteroatoms. The van der Waals surface area contributed by atoms with Gasteiger partial charge in [0.15, 0.2) is 11.6 Å². The fraction of sp³-hybridized carbons (Fsp3) is 0.176. The third kappa shape index (κ3) is 5.03. The highest BCUT2D eigenvalue weighted by Gasteiger charge is 2.22. The van der Waals surface area contributed by atoms with Crippen LogP contribution in [0.4, 0.5) is 10.1 Å². The molecule has 6 rings (SSSR count). The molecule has 2 N–H and O–H groups in total. The van der Waals surface area contributed by atoms with Gasteiger partial charge in [-0.3, -0.25) is 9.59 Å². The zero-order valence-electron chi connectivity index (χ0n) is 24.4. The summed E-state index contributed by atoms with van der Waals surface area (Å²) < 4.78 is 23.1. The van der Waals surface area contributed by atoms with E-state index in [2.05, 4.69) is 41.0 Å².